The Hall–Kier alpha value is -1.91. The van der Waals surface area contributed by atoms with E-state index in [1.165, 1.54) is 11.0 Å². The summed E-state index contributed by atoms with van der Waals surface area (Å²) in [6, 6.07) is 4.64. The number of benzene rings is 1. The molecule has 1 aromatic rings. The van der Waals surface area contributed by atoms with Crippen LogP contribution in [0, 0.1) is 11.2 Å². The van der Waals surface area contributed by atoms with Crippen LogP contribution >= 0.6 is 0 Å². The molecule has 8 nitrogen and oxygen atoms in total. The molecule has 0 radical (unpaired) electrons. The number of sulfonamides is 1. The molecular formula is C16H20FN3O5S. The molecule has 0 saturated carbocycles. The molecule has 1 amide bonds. The Morgan fingerprint density at radius 2 is 2.08 bits per heavy atom. The SMILES string of the molecule is CS(=O)(=O)NC[C@H]1CN(c2ccc(N3CC4(COC4)C3)c(F)c2)C(=O)O1. The lowest BCUT2D eigenvalue weighted by Crippen LogP contribution is -2.66. The highest BCUT2D eigenvalue weighted by Gasteiger charge is 2.49. The zero-order valence-electron chi connectivity index (χ0n) is 14.3. The number of carbonyl (C=O) groups excluding carboxylic acids is 1. The number of hydrogen-bond donors (Lipinski definition) is 1. The molecule has 3 aliphatic heterocycles. The molecule has 142 valence electrons. The smallest absolute Gasteiger partial charge is 0.414 e. The third-order valence-corrected chi connectivity index (χ3v) is 5.59. The largest absolute Gasteiger partial charge is 0.443 e. The van der Waals surface area contributed by atoms with Gasteiger partial charge in [0.15, 0.2) is 0 Å². The zero-order chi connectivity index (χ0) is 18.5. The normalized spacial score (nSPS) is 24.4. The Bertz CT molecular complexity index is 834. The molecule has 1 aromatic carbocycles. The van der Waals surface area contributed by atoms with Crippen molar-refractivity contribution < 1.29 is 27.1 Å². The topological polar surface area (TPSA) is 88.2 Å². The number of nitrogens with one attached hydrogen (secondary N) is 1. The van der Waals surface area contributed by atoms with Crippen molar-refractivity contribution in [3.8, 4) is 0 Å². The zero-order valence-corrected chi connectivity index (χ0v) is 15.1. The van der Waals surface area contributed by atoms with Gasteiger partial charge in [-0.2, -0.15) is 0 Å². The Morgan fingerprint density at radius 1 is 1.35 bits per heavy atom. The van der Waals surface area contributed by atoms with E-state index in [1.807, 2.05) is 4.90 Å². The van der Waals surface area contributed by atoms with Crippen molar-refractivity contribution in [2.75, 3.05) is 55.4 Å². The van der Waals surface area contributed by atoms with Gasteiger partial charge in [-0.05, 0) is 18.2 Å². The van der Waals surface area contributed by atoms with Gasteiger partial charge in [0.2, 0.25) is 10.0 Å². The van der Waals surface area contributed by atoms with Crippen LogP contribution in [-0.4, -0.2) is 66.3 Å². The van der Waals surface area contributed by atoms with Gasteiger partial charge in [0.25, 0.3) is 0 Å². The van der Waals surface area contributed by atoms with Gasteiger partial charge in [0.1, 0.15) is 11.9 Å². The van der Waals surface area contributed by atoms with Gasteiger partial charge in [-0.25, -0.2) is 22.3 Å². The molecule has 26 heavy (non-hydrogen) atoms. The molecule has 4 rings (SSSR count). The van der Waals surface area contributed by atoms with Gasteiger partial charge in [-0.3, -0.25) is 4.90 Å². The predicted octanol–water partition coefficient (Wildman–Crippen LogP) is 0.537. The van der Waals surface area contributed by atoms with E-state index in [1.54, 1.807) is 12.1 Å². The number of anilines is 2. The first kappa shape index (κ1) is 17.5. The molecule has 10 heteroatoms. The van der Waals surface area contributed by atoms with E-state index in [4.69, 9.17) is 9.47 Å². The molecule has 1 spiro atoms. The van der Waals surface area contributed by atoms with Crippen molar-refractivity contribution in [3.05, 3.63) is 24.0 Å². The minimum atomic E-state index is -3.37. The number of halogens is 1. The van der Waals surface area contributed by atoms with Gasteiger partial charge in [-0.15, -0.1) is 0 Å². The lowest BCUT2D eigenvalue weighted by atomic mass is 9.78. The summed E-state index contributed by atoms with van der Waals surface area (Å²) in [6.07, 6.45) is -0.202. The molecule has 3 saturated heterocycles. The van der Waals surface area contributed by atoms with Crippen molar-refractivity contribution in [3.63, 3.8) is 0 Å². The predicted molar refractivity (Wildman–Crippen MR) is 92.3 cm³/mol. The summed E-state index contributed by atoms with van der Waals surface area (Å²) in [5, 5.41) is 0. The third-order valence-electron chi connectivity index (χ3n) is 4.90. The van der Waals surface area contributed by atoms with Crippen LogP contribution in [0.2, 0.25) is 0 Å². The van der Waals surface area contributed by atoms with Gasteiger partial charge >= 0.3 is 6.09 Å². The second-order valence-corrected chi connectivity index (χ2v) is 9.05. The summed E-state index contributed by atoms with van der Waals surface area (Å²) < 4.78 is 49.5. The summed E-state index contributed by atoms with van der Waals surface area (Å²) in [7, 11) is -3.37. The quantitative estimate of drug-likeness (QED) is 0.796. The Morgan fingerprint density at radius 3 is 2.65 bits per heavy atom. The van der Waals surface area contributed by atoms with Gasteiger partial charge in [-0.1, -0.05) is 0 Å². The number of ether oxygens (including phenoxy) is 2. The van der Waals surface area contributed by atoms with Gasteiger partial charge < -0.3 is 14.4 Å². The Labute approximate surface area is 150 Å². The van der Waals surface area contributed by atoms with Crippen molar-refractivity contribution in [1.82, 2.24) is 4.72 Å². The second kappa shape index (κ2) is 6.07. The highest BCUT2D eigenvalue weighted by atomic mass is 32.2. The minimum Gasteiger partial charge on any atom is -0.443 e. The van der Waals surface area contributed by atoms with E-state index < -0.39 is 28.0 Å². The number of nitrogens with zero attached hydrogens (tertiary/aromatic N) is 2. The number of carbonyl (C=O) groups is 1. The summed E-state index contributed by atoms with van der Waals surface area (Å²) in [5.41, 5.74) is 1.08. The van der Waals surface area contributed by atoms with Crippen LogP contribution < -0.4 is 14.5 Å². The lowest BCUT2D eigenvalue weighted by Gasteiger charge is -2.56. The van der Waals surface area contributed by atoms with E-state index in [9.17, 15) is 17.6 Å². The van der Waals surface area contributed by atoms with Crippen molar-refractivity contribution >= 4 is 27.5 Å². The minimum absolute atomic E-state index is 0.0143. The van der Waals surface area contributed by atoms with E-state index in [2.05, 4.69) is 4.72 Å². The molecule has 0 unspecified atom stereocenters. The summed E-state index contributed by atoms with van der Waals surface area (Å²) in [5.74, 6) is -0.400. The fourth-order valence-electron chi connectivity index (χ4n) is 3.51. The third kappa shape index (κ3) is 3.24. The standard InChI is InChI=1S/C16H20FN3O5S/c1-26(22,23)18-5-12-6-20(15(21)25-12)11-2-3-14(13(17)4-11)19-7-16(8-19)9-24-10-16/h2-4,12,18H,5-10H2,1H3/t12-/m0/s1. The molecular weight excluding hydrogens is 365 g/mol. The fourth-order valence-corrected chi connectivity index (χ4v) is 4.00. The maximum atomic E-state index is 14.5. The molecule has 1 atom stereocenters. The van der Waals surface area contributed by atoms with Crippen LogP contribution in [-0.2, 0) is 19.5 Å². The second-order valence-electron chi connectivity index (χ2n) is 7.22. The van der Waals surface area contributed by atoms with Crippen molar-refractivity contribution in [1.29, 1.82) is 0 Å². The maximum Gasteiger partial charge on any atom is 0.414 e. The first-order valence-electron chi connectivity index (χ1n) is 8.30. The van der Waals surface area contributed by atoms with E-state index in [0.717, 1.165) is 32.6 Å². The van der Waals surface area contributed by atoms with Crippen LogP contribution in [0.3, 0.4) is 0 Å². The average molecular weight is 385 g/mol. The van der Waals surface area contributed by atoms with Crippen LogP contribution in [0.4, 0.5) is 20.6 Å². The summed E-state index contributed by atoms with van der Waals surface area (Å²) >= 11 is 0. The number of rotatable bonds is 5. The Balaban J connectivity index is 1.41. The van der Waals surface area contributed by atoms with Gasteiger partial charge in [0.05, 0.1) is 42.8 Å². The summed E-state index contributed by atoms with van der Waals surface area (Å²) in [6.45, 7) is 3.14. The number of amides is 1. The fraction of sp³-hybridized carbons (Fsp3) is 0.562. The van der Waals surface area contributed by atoms with E-state index >= 15 is 0 Å². The number of hydrogen-bond acceptors (Lipinski definition) is 6. The first-order valence-corrected chi connectivity index (χ1v) is 10.2. The lowest BCUT2D eigenvalue weighted by molar-refractivity contribution is -0.127. The molecule has 1 N–H and O–H groups in total. The highest BCUT2D eigenvalue weighted by Crippen LogP contribution is 2.41. The monoisotopic (exact) mass is 385 g/mol. The number of cyclic esters (lactones) is 1. The van der Waals surface area contributed by atoms with E-state index in [-0.39, 0.29) is 18.5 Å². The van der Waals surface area contributed by atoms with Crippen molar-refractivity contribution in [2.24, 2.45) is 5.41 Å². The van der Waals surface area contributed by atoms with Crippen LogP contribution in [0.15, 0.2) is 18.2 Å². The first-order chi connectivity index (χ1) is 12.2. The van der Waals surface area contributed by atoms with Crippen LogP contribution in [0.5, 0.6) is 0 Å². The molecule has 0 bridgehead atoms. The summed E-state index contributed by atoms with van der Waals surface area (Å²) in [4.78, 5) is 15.3. The molecule has 3 fully saturated rings. The van der Waals surface area contributed by atoms with Crippen LogP contribution in [0.1, 0.15) is 0 Å². The van der Waals surface area contributed by atoms with Crippen molar-refractivity contribution in [2.45, 2.75) is 6.10 Å². The van der Waals surface area contributed by atoms with Crippen LogP contribution in [0.25, 0.3) is 0 Å². The molecule has 3 aliphatic rings. The van der Waals surface area contributed by atoms with E-state index in [0.29, 0.717) is 11.4 Å². The average Bonchev–Trinajstić information content (AvgIpc) is 2.84. The van der Waals surface area contributed by atoms with Gasteiger partial charge in [0, 0.05) is 19.6 Å². The molecule has 3 heterocycles. The highest BCUT2D eigenvalue weighted by molar-refractivity contribution is 7.88. The Kier molecular flexibility index (Phi) is 4.08. The molecule has 0 aromatic heterocycles. The maximum absolute atomic E-state index is 14.5. The molecule has 0 aliphatic carbocycles.